The Morgan fingerprint density at radius 2 is 1.53 bits per heavy atom. The number of hydrogen-bond donors (Lipinski definition) is 1. The Bertz CT molecular complexity index is 1350. The number of methoxy groups -OCH3 is 1. The number of rotatable bonds is 11. The van der Waals surface area contributed by atoms with Gasteiger partial charge in [0.25, 0.3) is 10.0 Å². The molecular formula is C28H32FN3O5S. The van der Waals surface area contributed by atoms with Crippen molar-refractivity contribution in [3.63, 3.8) is 0 Å². The molecule has 1 N–H and O–H groups in total. The van der Waals surface area contributed by atoms with Crippen LogP contribution in [-0.2, 0) is 26.2 Å². The summed E-state index contributed by atoms with van der Waals surface area (Å²) in [6, 6.07) is 18.7. The molecule has 0 radical (unpaired) electrons. The number of hydrogen-bond acceptors (Lipinski definition) is 5. The number of halogens is 1. The highest BCUT2D eigenvalue weighted by atomic mass is 32.2. The zero-order valence-corrected chi connectivity index (χ0v) is 22.6. The summed E-state index contributed by atoms with van der Waals surface area (Å²) in [5.41, 5.74) is 0.431. The Kier molecular flexibility index (Phi) is 9.46. The Morgan fingerprint density at radius 3 is 2.11 bits per heavy atom. The second kappa shape index (κ2) is 12.6. The van der Waals surface area contributed by atoms with Crippen molar-refractivity contribution in [2.24, 2.45) is 0 Å². The molecule has 0 spiro atoms. The smallest absolute Gasteiger partial charge is 0.264 e. The van der Waals surface area contributed by atoms with Crippen molar-refractivity contribution in [3.8, 4) is 5.75 Å². The number of carbonyl (C=O) groups is 2. The molecule has 8 nitrogen and oxygen atoms in total. The van der Waals surface area contributed by atoms with Gasteiger partial charge in [0.1, 0.15) is 24.2 Å². The number of nitrogens with zero attached hydrogens (tertiary/aromatic N) is 2. The molecule has 0 aliphatic heterocycles. The molecule has 202 valence electrons. The summed E-state index contributed by atoms with van der Waals surface area (Å²) in [7, 11) is -2.79. The van der Waals surface area contributed by atoms with Gasteiger partial charge in [0, 0.05) is 12.6 Å². The SMILES string of the molecule is COc1ccc(CN(C(=O)CN(c2ccccc2F)S(=O)(=O)c2ccccc2)C(C)C(=O)NC(C)C)cc1. The van der Waals surface area contributed by atoms with Crippen molar-refractivity contribution in [2.45, 2.75) is 44.3 Å². The van der Waals surface area contributed by atoms with E-state index in [2.05, 4.69) is 5.32 Å². The quantitative estimate of drug-likeness (QED) is 0.396. The highest BCUT2D eigenvalue weighted by Crippen LogP contribution is 2.27. The van der Waals surface area contributed by atoms with E-state index >= 15 is 0 Å². The topological polar surface area (TPSA) is 96.0 Å². The average molecular weight is 542 g/mol. The second-order valence-electron chi connectivity index (χ2n) is 8.99. The molecule has 0 aromatic heterocycles. The lowest BCUT2D eigenvalue weighted by molar-refractivity contribution is -0.139. The molecule has 3 aromatic carbocycles. The number of amides is 2. The van der Waals surface area contributed by atoms with Crippen LogP contribution >= 0.6 is 0 Å². The van der Waals surface area contributed by atoms with Gasteiger partial charge in [-0.05, 0) is 62.7 Å². The maximum atomic E-state index is 14.9. The Labute approximate surface area is 223 Å². The summed E-state index contributed by atoms with van der Waals surface area (Å²) < 4.78 is 48.0. The van der Waals surface area contributed by atoms with Crippen molar-refractivity contribution in [1.82, 2.24) is 10.2 Å². The van der Waals surface area contributed by atoms with Crippen LogP contribution in [0.5, 0.6) is 5.75 Å². The van der Waals surface area contributed by atoms with E-state index in [0.717, 1.165) is 10.4 Å². The molecule has 2 amide bonds. The number of sulfonamides is 1. The minimum Gasteiger partial charge on any atom is -0.497 e. The van der Waals surface area contributed by atoms with Gasteiger partial charge in [-0.25, -0.2) is 12.8 Å². The number of nitrogens with one attached hydrogen (secondary N) is 1. The first-order valence-corrected chi connectivity index (χ1v) is 13.5. The van der Waals surface area contributed by atoms with Gasteiger partial charge < -0.3 is 15.0 Å². The van der Waals surface area contributed by atoms with Gasteiger partial charge in [-0.3, -0.25) is 13.9 Å². The van der Waals surface area contributed by atoms with E-state index in [1.165, 1.54) is 42.3 Å². The van der Waals surface area contributed by atoms with E-state index in [4.69, 9.17) is 4.74 Å². The molecule has 0 aliphatic carbocycles. The van der Waals surface area contributed by atoms with Crippen molar-refractivity contribution < 1.29 is 27.1 Å². The second-order valence-corrected chi connectivity index (χ2v) is 10.8. The van der Waals surface area contributed by atoms with Crippen molar-refractivity contribution >= 4 is 27.5 Å². The maximum absolute atomic E-state index is 14.9. The lowest BCUT2D eigenvalue weighted by atomic mass is 10.1. The molecule has 1 atom stereocenters. The predicted molar refractivity (Wildman–Crippen MR) is 144 cm³/mol. The summed E-state index contributed by atoms with van der Waals surface area (Å²) in [4.78, 5) is 27.9. The minimum absolute atomic E-state index is 0.0198. The first-order chi connectivity index (χ1) is 18.0. The highest BCUT2D eigenvalue weighted by molar-refractivity contribution is 7.92. The molecule has 1 unspecified atom stereocenters. The first-order valence-electron chi connectivity index (χ1n) is 12.1. The van der Waals surface area contributed by atoms with Gasteiger partial charge in [-0.15, -0.1) is 0 Å². The van der Waals surface area contributed by atoms with Gasteiger partial charge >= 0.3 is 0 Å². The fourth-order valence-corrected chi connectivity index (χ4v) is 5.25. The summed E-state index contributed by atoms with van der Waals surface area (Å²) in [6.07, 6.45) is 0. The van der Waals surface area contributed by atoms with Crippen molar-refractivity contribution in [1.29, 1.82) is 0 Å². The van der Waals surface area contributed by atoms with Crippen LogP contribution in [0.3, 0.4) is 0 Å². The average Bonchev–Trinajstić information content (AvgIpc) is 2.90. The summed E-state index contributed by atoms with van der Waals surface area (Å²) >= 11 is 0. The summed E-state index contributed by atoms with van der Waals surface area (Å²) in [5.74, 6) is -1.25. The number of benzene rings is 3. The van der Waals surface area contributed by atoms with Gasteiger partial charge in [-0.2, -0.15) is 0 Å². The zero-order valence-electron chi connectivity index (χ0n) is 21.8. The minimum atomic E-state index is -4.32. The number of carbonyl (C=O) groups excluding carboxylic acids is 2. The fourth-order valence-electron chi connectivity index (χ4n) is 3.80. The number of anilines is 1. The van der Waals surface area contributed by atoms with Crippen LogP contribution in [-0.4, -0.2) is 50.9 Å². The standard InChI is InChI=1S/C28H32FN3O5S/c1-20(2)30-28(34)21(3)31(18-22-14-16-23(37-4)17-15-22)27(33)19-32(26-13-9-8-12-25(26)29)38(35,36)24-10-6-5-7-11-24/h5-17,20-21H,18-19H2,1-4H3,(H,30,34). The molecule has 3 rings (SSSR count). The van der Waals surface area contributed by atoms with Crippen LogP contribution in [0.2, 0.25) is 0 Å². The Hall–Kier alpha value is -3.92. The van der Waals surface area contributed by atoms with Crippen LogP contribution in [0.4, 0.5) is 10.1 Å². The van der Waals surface area contributed by atoms with Crippen molar-refractivity contribution in [3.05, 3.63) is 90.2 Å². The molecular weight excluding hydrogens is 509 g/mol. The van der Waals surface area contributed by atoms with Gasteiger partial charge in [0.05, 0.1) is 17.7 Å². The molecule has 0 fully saturated rings. The van der Waals surface area contributed by atoms with Crippen LogP contribution in [0.1, 0.15) is 26.3 Å². The third-order valence-corrected chi connectivity index (χ3v) is 7.62. The van der Waals surface area contributed by atoms with Gasteiger partial charge in [0.2, 0.25) is 11.8 Å². The third-order valence-electron chi connectivity index (χ3n) is 5.84. The molecule has 0 aliphatic rings. The van der Waals surface area contributed by atoms with E-state index < -0.39 is 40.2 Å². The molecule has 38 heavy (non-hydrogen) atoms. The monoisotopic (exact) mass is 541 g/mol. The van der Waals surface area contributed by atoms with Crippen LogP contribution in [0.25, 0.3) is 0 Å². The number of para-hydroxylation sites is 1. The maximum Gasteiger partial charge on any atom is 0.264 e. The van der Waals surface area contributed by atoms with E-state index in [-0.39, 0.29) is 23.2 Å². The van der Waals surface area contributed by atoms with Crippen molar-refractivity contribution in [2.75, 3.05) is 18.0 Å². The van der Waals surface area contributed by atoms with Crippen LogP contribution < -0.4 is 14.4 Å². The highest BCUT2D eigenvalue weighted by Gasteiger charge is 2.33. The fraction of sp³-hybridized carbons (Fsp3) is 0.286. The number of ether oxygens (including phenoxy) is 1. The van der Waals surface area contributed by atoms with Gasteiger partial charge in [-0.1, -0.05) is 42.5 Å². The molecule has 0 saturated carbocycles. The zero-order chi connectivity index (χ0) is 27.9. The van der Waals surface area contributed by atoms with Crippen LogP contribution in [0.15, 0.2) is 83.8 Å². The lowest BCUT2D eigenvalue weighted by Gasteiger charge is -2.32. The molecule has 10 heteroatoms. The van der Waals surface area contributed by atoms with E-state index in [1.54, 1.807) is 63.2 Å². The molecule has 3 aromatic rings. The summed E-state index contributed by atoms with van der Waals surface area (Å²) in [5, 5.41) is 2.79. The van der Waals surface area contributed by atoms with Gasteiger partial charge in [0.15, 0.2) is 0 Å². The third kappa shape index (κ3) is 6.89. The molecule has 0 heterocycles. The molecule has 0 saturated heterocycles. The van der Waals surface area contributed by atoms with E-state index in [0.29, 0.717) is 11.3 Å². The lowest BCUT2D eigenvalue weighted by Crippen LogP contribution is -2.52. The van der Waals surface area contributed by atoms with E-state index in [1.807, 2.05) is 0 Å². The normalized spacial score (nSPS) is 12.1. The predicted octanol–water partition coefficient (Wildman–Crippen LogP) is 3.97. The first kappa shape index (κ1) is 28.6. The Balaban J connectivity index is 2.02. The largest absolute Gasteiger partial charge is 0.497 e. The Morgan fingerprint density at radius 1 is 0.921 bits per heavy atom. The van der Waals surface area contributed by atoms with E-state index in [9.17, 15) is 22.4 Å². The molecule has 0 bridgehead atoms. The van der Waals surface area contributed by atoms with Crippen LogP contribution in [0, 0.1) is 5.82 Å². The summed E-state index contributed by atoms with van der Waals surface area (Å²) in [6.45, 7) is 4.47.